The number of carbonyl (C=O) groups is 1. The Labute approximate surface area is 120 Å². The number of piperidine rings is 1. The van der Waals surface area contributed by atoms with E-state index >= 15 is 0 Å². The van der Waals surface area contributed by atoms with Gasteiger partial charge in [-0.1, -0.05) is 0 Å². The molecule has 0 spiro atoms. The minimum Gasteiger partial charge on any atom is -0.354 e. The molecule has 110 valence electrons. The Morgan fingerprint density at radius 2 is 2.20 bits per heavy atom. The molecular weight excluding hydrogens is 252 g/mol. The highest BCUT2D eigenvalue weighted by Crippen LogP contribution is 2.25. The van der Waals surface area contributed by atoms with E-state index in [4.69, 9.17) is 5.73 Å². The maximum absolute atomic E-state index is 11.9. The molecule has 0 radical (unpaired) electrons. The lowest BCUT2D eigenvalue weighted by molar-refractivity contribution is 0.0827. The summed E-state index contributed by atoms with van der Waals surface area (Å²) in [5, 5.41) is 0. The van der Waals surface area contributed by atoms with Gasteiger partial charge >= 0.3 is 0 Å². The third-order valence-corrected chi connectivity index (χ3v) is 4.01. The first-order valence-corrected chi connectivity index (χ1v) is 7.17. The highest BCUT2D eigenvalue weighted by molar-refractivity contribution is 5.93. The number of nitrogens with zero attached hydrogens (tertiary/aromatic N) is 3. The van der Waals surface area contributed by atoms with Crippen LogP contribution in [0.4, 0.5) is 5.82 Å². The lowest BCUT2D eigenvalue weighted by Gasteiger charge is -2.38. The number of carbonyl (C=O) groups excluding carboxylic acids is 1. The van der Waals surface area contributed by atoms with E-state index in [1.807, 2.05) is 12.1 Å². The number of nitrogens with two attached hydrogens (primary N) is 1. The number of aromatic nitrogens is 1. The Hall–Kier alpha value is -1.62. The van der Waals surface area contributed by atoms with Gasteiger partial charge in [0.25, 0.3) is 5.91 Å². The van der Waals surface area contributed by atoms with Crippen LogP contribution in [0.15, 0.2) is 18.3 Å². The van der Waals surface area contributed by atoms with Crippen LogP contribution in [0.3, 0.4) is 0 Å². The highest BCUT2D eigenvalue weighted by Gasteiger charge is 2.25. The molecule has 0 aromatic carbocycles. The zero-order valence-corrected chi connectivity index (χ0v) is 12.5. The summed E-state index contributed by atoms with van der Waals surface area (Å²) >= 11 is 0. The van der Waals surface area contributed by atoms with Crippen LogP contribution >= 0.6 is 0 Å². The molecular formula is C15H24N4O. The van der Waals surface area contributed by atoms with Gasteiger partial charge in [0, 0.05) is 32.9 Å². The number of rotatable bonds is 3. The third kappa shape index (κ3) is 3.10. The van der Waals surface area contributed by atoms with E-state index in [2.05, 4.69) is 16.8 Å². The first-order valence-electron chi connectivity index (χ1n) is 7.17. The molecule has 20 heavy (non-hydrogen) atoms. The normalized spacial score (nSPS) is 22.7. The van der Waals surface area contributed by atoms with Gasteiger partial charge in [0.05, 0.1) is 5.56 Å². The first kappa shape index (κ1) is 14.8. The second-order valence-electron chi connectivity index (χ2n) is 5.79. The number of hydrogen-bond acceptors (Lipinski definition) is 4. The van der Waals surface area contributed by atoms with Crippen molar-refractivity contribution >= 4 is 11.7 Å². The zero-order valence-electron chi connectivity index (χ0n) is 12.5. The fourth-order valence-corrected chi connectivity index (χ4v) is 2.63. The fraction of sp³-hybridized carbons (Fsp3) is 0.600. The van der Waals surface area contributed by atoms with Crippen LogP contribution in [-0.4, -0.2) is 49.0 Å². The van der Waals surface area contributed by atoms with Crippen LogP contribution in [-0.2, 0) is 0 Å². The molecule has 1 aliphatic rings. The predicted octanol–water partition coefficient (Wildman–Crippen LogP) is 1.35. The van der Waals surface area contributed by atoms with Crippen LogP contribution in [0.5, 0.6) is 0 Å². The summed E-state index contributed by atoms with van der Waals surface area (Å²) < 4.78 is 0. The Morgan fingerprint density at radius 3 is 2.75 bits per heavy atom. The predicted molar refractivity (Wildman–Crippen MR) is 80.8 cm³/mol. The molecule has 2 heterocycles. The molecule has 5 heteroatoms. The van der Waals surface area contributed by atoms with E-state index in [1.165, 1.54) is 6.42 Å². The topological polar surface area (TPSA) is 62.5 Å². The van der Waals surface area contributed by atoms with Crippen molar-refractivity contribution in [2.45, 2.75) is 25.8 Å². The molecule has 0 aliphatic carbocycles. The largest absolute Gasteiger partial charge is 0.354 e. The molecule has 2 atom stereocenters. The molecule has 2 unspecified atom stereocenters. The molecule has 1 aromatic rings. The van der Waals surface area contributed by atoms with Gasteiger partial charge in [-0.3, -0.25) is 4.79 Å². The highest BCUT2D eigenvalue weighted by atomic mass is 16.2. The van der Waals surface area contributed by atoms with Crippen LogP contribution in [0.25, 0.3) is 0 Å². The van der Waals surface area contributed by atoms with Crippen LogP contribution in [0.1, 0.15) is 30.1 Å². The Kier molecular flexibility index (Phi) is 4.60. The SMILES string of the molecule is CC1CCC(CN)CN1c1ccc(C(=O)N(C)C)cn1. The van der Waals surface area contributed by atoms with Crippen molar-refractivity contribution in [3.8, 4) is 0 Å². The number of pyridine rings is 1. The monoisotopic (exact) mass is 276 g/mol. The number of amides is 1. The summed E-state index contributed by atoms with van der Waals surface area (Å²) in [5.41, 5.74) is 6.41. The van der Waals surface area contributed by atoms with Crippen LogP contribution in [0.2, 0.25) is 0 Å². The molecule has 0 saturated carbocycles. The van der Waals surface area contributed by atoms with Crippen LogP contribution < -0.4 is 10.6 Å². The standard InChI is InChI=1S/C15H24N4O/c1-11-4-5-12(8-16)10-19(11)14-7-6-13(9-17-14)15(20)18(2)3/h6-7,9,11-12H,4-5,8,10,16H2,1-3H3. The van der Waals surface area contributed by atoms with Crippen molar-refractivity contribution in [2.75, 3.05) is 32.1 Å². The molecule has 1 saturated heterocycles. The van der Waals surface area contributed by atoms with Crippen molar-refractivity contribution < 1.29 is 4.79 Å². The smallest absolute Gasteiger partial charge is 0.254 e. The fourth-order valence-electron chi connectivity index (χ4n) is 2.63. The van der Waals surface area contributed by atoms with Crippen molar-refractivity contribution in [3.05, 3.63) is 23.9 Å². The molecule has 1 aliphatic heterocycles. The quantitative estimate of drug-likeness (QED) is 0.905. The Balaban J connectivity index is 2.14. The van der Waals surface area contributed by atoms with E-state index in [1.54, 1.807) is 25.2 Å². The van der Waals surface area contributed by atoms with Crippen molar-refractivity contribution in [1.82, 2.24) is 9.88 Å². The lowest BCUT2D eigenvalue weighted by Crippen LogP contribution is -2.44. The van der Waals surface area contributed by atoms with Gasteiger partial charge in [0.15, 0.2) is 0 Å². The van der Waals surface area contributed by atoms with Gasteiger partial charge < -0.3 is 15.5 Å². The molecule has 1 aromatic heterocycles. The van der Waals surface area contributed by atoms with Gasteiger partial charge in [0.2, 0.25) is 0 Å². The van der Waals surface area contributed by atoms with Gasteiger partial charge in [-0.05, 0) is 44.4 Å². The summed E-state index contributed by atoms with van der Waals surface area (Å²) in [6, 6.07) is 4.26. The Bertz CT molecular complexity index is 457. The summed E-state index contributed by atoms with van der Waals surface area (Å²) in [7, 11) is 3.49. The summed E-state index contributed by atoms with van der Waals surface area (Å²) in [5.74, 6) is 1.46. The second kappa shape index (κ2) is 6.22. The molecule has 1 amide bonds. The van der Waals surface area contributed by atoms with Crippen molar-refractivity contribution in [1.29, 1.82) is 0 Å². The van der Waals surface area contributed by atoms with E-state index in [0.717, 1.165) is 25.3 Å². The maximum Gasteiger partial charge on any atom is 0.254 e. The Morgan fingerprint density at radius 1 is 1.45 bits per heavy atom. The summed E-state index contributed by atoms with van der Waals surface area (Å²) in [6.45, 7) is 3.89. The lowest BCUT2D eigenvalue weighted by atomic mass is 9.93. The molecule has 0 bridgehead atoms. The average molecular weight is 276 g/mol. The zero-order chi connectivity index (χ0) is 14.7. The van der Waals surface area contributed by atoms with E-state index < -0.39 is 0 Å². The molecule has 2 rings (SSSR count). The average Bonchev–Trinajstić information content (AvgIpc) is 2.47. The van der Waals surface area contributed by atoms with Crippen LogP contribution in [0, 0.1) is 5.92 Å². The third-order valence-electron chi connectivity index (χ3n) is 4.01. The van der Waals surface area contributed by atoms with E-state index in [-0.39, 0.29) is 5.91 Å². The van der Waals surface area contributed by atoms with Crippen molar-refractivity contribution in [2.24, 2.45) is 11.7 Å². The second-order valence-corrected chi connectivity index (χ2v) is 5.79. The van der Waals surface area contributed by atoms with E-state index in [9.17, 15) is 4.79 Å². The van der Waals surface area contributed by atoms with Gasteiger partial charge in [-0.15, -0.1) is 0 Å². The number of anilines is 1. The molecule has 2 N–H and O–H groups in total. The minimum absolute atomic E-state index is 0.0180. The van der Waals surface area contributed by atoms with Gasteiger partial charge in [-0.25, -0.2) is 4.98 Å². The maximum atomic E-state index is 11.9. The summed E-state index contributed by atoms with van der Waals surface area (Å²) in [4.78, 5) is 20.2. The van der Waals surface area contributed by atoms with Gasteiger partial charge in [0.1, 0.15) is 5.82 Å². The molecule has 5 nitrogen and oxygen atoms in total. The minimum atomic E-state index is -0.0180. The first-order chi connectivity index (χ1) is 9.52. The summed E-state index contributed by atoms with van der Waals surface area (Å²) in [6.07, 6.45) is 3.99. The van der Waals surface area contributed by atoms with E-state index in [0.29, 0.717) is 17.5 Å². The number of hydrogen-bond donors (Lipinski definition) is 1. The molecule has 1 fully saturated rings. The van der Waals surface area contributed by atoms with Crippen molar-refractivity contribution in [3.63, 3.8) is 0 Å². The van der Waals surface area contributed by atoms with Gasteiger partial charge in [-0.2, -0.15) is 0 Å².